The molecule has 10 heteroatoms. The molecule has 0 aromatic heterocycles. The minimum absolute atomic E-state index is 0.00763. The maximum absolute atomic E-state index is 14.1. The number of benzene rings is 3. The number of amides is 2. The van der Waals surface area contributed by atoms with Crippen LogP contribution in [-0.2, 0) is 26.2 Å². The average molecular weight is 626 g/mol. The summed E-state index contributed by atoms with van der Waals surface area (Å²) < 4.78 is 34.6. The Morgan fingerprint density at radius 2 is 1.58 bits per heavy atom. The quantitative estimate of drug-likeness (QED) is 0.262. The number of ether oxygens (including phenoxy) is 1. The van der Waals surface area contributed by atoms with Crippen molar-refractivity contribution in [3.05, 3.63) is 88.9 Å². The Morgan fingerprint density at radius 1 is 0.953 bits per heavy atom. The van der Waals surface area contributed by atoms with E-state index < -0.39 is 28.5 Å². The fourth-order valence-electron chi connectivity index (χ4n) is 5.18. The Hall–Kier alpha value is -3.56. The fourth-order valence-corrected chi connectivity index (χ4v) is 6.72. The lowest BCUT2D eigenvalue weighted by molar-refractivity contribution is -0.139. The largest absolute Gasteiger partial charge is 0.494 e. The standard InChI is InChI=1S/C33H40ClN3O5S/c1-4-42-30-18-16-29(17-19-30)37(43(40,41)31-20-14-27(34)15-21-31)23-32(38)36(22-26-12-10-24(2)11-13-26)25(3)33(39)35-28-8-6-5-7-9-28/h10-21,25,28H,4-9,22-23H2,1-3H3,(H,35,39). The highest BCUT2D eigenvalue weighted by Gasteiger charge is 2.33. The number of nitrogens with zero attached hydrogens (tertiary/aromatic N) is 2. The summed E-state index contributed by atoms with van der Waals surface area (Å²) in [6.45, 7) is 5.63. The zero-order chi connectivity index (χ0) is 31.0. The van der Waals surface area contributed by atoms with Crippen molar-refractivity contribution < 1.29 is 22.7 Å². The molecule has 3 aromatic rings. The first kappa shape index (κ1) is 32.4. The Labute approximate surface area is 260 Å². The third-order valence-corrected chi connectivity index (χ3v) is 9.75. The van der Waals surface area contributed by atoms with Gasteiger partial charge in [-0.1, -0.05) is 60.7 Å². The molecule has 1 aliphatic rings. The summed E-state index contributed by atoms with van der Waals surface area (Å²) in [6.07, 6.45) is 5.10. The van der Waals surface area contributed by atoms with Gasteiger partial charge in [0.1, 0.15) is 18.3 Å². The normalized spacial score (nSPS) is 14.5. The van der Waals surface area contributed by atoms with E-state index in [2.05, 4.69) is 5.32 Å². The molecule has 0 radical (unpaired) electrons. The summed E-state index contributed by atoms with van der Waals surface area (Å²) in [5.74, 6) is -0.172. The molecule has 0 heterocycles. The molecule has 3 aromatic carbocycles. The number of carbonyl (C=O) groups excluding carboxylic acids is 2. The second-order valence-corrected chi connectivity index (χ2v) is 13.2. The highest BCUT2D eigenvalue weighted by Crippen LogP contribution is 2.27. The summed E-state index contributed by atoms with van der Waals surface area (Å²) in [5.41, 5.74) is 2.20. The van der Waals surface area contributed by atoms with Crippen LogP contribution < -0.4 is 14.4 Å². The van der Waals surface area contributed by atoms with Gasteiger partial charge in [-0.15, -0.1) is 0 Å². The van der Waals surface area contributed by atoms with Gasteiger partial charge >= 0.3 is 0 Å². The third kappa shape index (κ3) is 8.51. The molecule has 2 amide bonds. The topological polar surface area (TPSA) is 96.0 Å². The van der Waals surface area contributed by atoms with Crippen molar-refractivity contribution in [2.24, 2.45) is 0 Å². The molecule has 1 atom stereocenters. The van der Waals surface area contributed by atoms with Gasteiger partial charge in [-0.3, -0.25) is 13.9 Å². The number of sulfonamides is 1. The van der Waals surface area contributed by atoms with Gasteiger partial charge in [0.15, 0.2) is 0 Å². The molecule has 0 spiro atoms. The lowest BCUT2D eigenvalue weighted by Gasteiger charge is -2.33. The number of aryl methyl sites for hydroxylation is 1. The molecule has 0 aliphatic heterocycles. The smallest absolute Gasteiger partial charge is 0.264 e. The number of carbonyl (C=O) groups is 2. The van der Waals surface area contributed by atoms with Crippen LogP contribution in [0.25, 0.3) is 0 Å². The van der Waals surface area contributed by atoms with Crippen molar-refractivity contribution in [2.75, 3.05) is 17.5 Å². The molecule has 1 saturated carbocycles. The van der Waals surface area contributed by atoms with Gasteiger partial charge in [-0.25, -0.2) is 8.42 Å². The summed E-state index contributed by atoms with van der Waals surface area (Å²) in [5, 5.41) is 3.52. The van der Waals surface area contributed by atoms with E-state index in [1.54, 1.807) is 31.2 Å². The lowest BCUT2D eigenvalue weighted by atomic mass is 9.95. The lowest BCUT2D eigenvalue weighted by Crippen LogP contribution is -2.53. The van der Waals surface area contributed by atoms with E-state index in [-0.39, 0.29) is 23.4 Å². The van der Waals surface area contributed by atoms with Crippen LogP contribution in [0.5, 0.6) is 5.75 Å². The number of hydrogen-bond acceptors (Lipinski definition) is 5. The first-order chi connectivity index (χ1) is 20.6. The molecule has 0 bridgehead atoms. The van der Waals surface area contributed by atoms with E-state index in [4.69, 9.17) is 16.3 Å². The summed E-state index contributed by atoms with van der Waals surface area (Å²) in [6, 6.07) is 19.3. The zero-order valence-electron chi connectivity index (χ0n) is 25.0. The molecule has 1 aliphatic carbocycles. The third-order valence-electron chi connectivity index (χ3n) is 7.71. The minimum Gasteiger partial charge on any atom is -0.494 e. The van der Waals surface area contributed by atoms with Crippen molar-refractivity contribution in [3.8, 4) is 5.75 Å². The van der Waals surface area contributed by atoms with E-state index in [0.29, 0.717) is 23.1 Å². The second-order valence-electron chi connectivity index (χ2n) is 10.9. The van der Waals surface area contributed by atoms with Crippen LogP contribution in [-0.4, -0.2) is 50.4 Å². The minimum atomic E-state index is -4.19. The number of hydrogen-bond donors (Lipinski definition) is 1. The Bertz CT molecular complexity index is 1470. The molecule has 230 valence electrons. The average Bonchev–Trinajstić information content (AvgIpc) is 3.00. The number of nitrogens with one attached hydrogen (secondary N) is 1. The van der Waals surface area contributed by atoms with E-state index in [0.717, 1.165) is 47.5 Å². The van der Waals surface area contributed by atoms with Gasteiger partial charge in [0, 0.05) is 17.6 Å². The second kappa shape index (κ2) is 14.8. The predicted molar refractivity (Wildman–Crippen MR) is 170 cm³/mol. The number of halogens is 1. The van der Waals surface area contributed by atoms with Crippen LogP contribution in [0.15, 0.2) is 77.7 Å². The fraction of sp³-hybridized carbons (Fsp3) is 0.394. The van der Waals surface area contributed by atoms with Crippen molar-refractivity contribution in [1.29, 1.82) is 0 Å². The van der Waals surface area contributed by atoms with Crippen molar-refractivity contribution >= 4 is 39.1 Å². The van der Waals surface area contributed by atoms with E-state index in [1.165, 1.54) is 29.2 Å². The number of anilines is 1. The summed E-state index contributed by atoms with van der Waals surface area (Å²) in [4.78, 5) is 29.0. The number of rotatable bonds is 12. The van der Waals surface area contributed by atoms with Crippen LogP contribution in [0.1, 0.15) is 57.1 Å². The molecule has 1 N–H and O–H groups in total. The molecular formula is C33H40ClN3O5S. The monoisotopic (exact) mass is 625 g/mol. The predicted octanol–water partition coefficient (Wildman–Crippen LogP) is 6.11. The van der Waals surface area contributed by atoms with Crippen LogP contribution in [0.2, 0.25) is 5.02 Å². The Morgan fingerprint density at radius 3 is 2.19 bits per heavy atom. The van der Waals surface area contributed by atoms with Crippen molar-refractivity contribution in [2.45, 2.75) is 76.4 Å². The SMILES string of the molecule is CCOc1ccc(N(CC(=O)N(Cc2ccc(C)cc2)C(C)C(=O)NC2CCCCC2)S(=O)(=O)c2ccc(Cl)cc2)cc1. The first-order valence-electron chi connectivity index (χ1n) is 14.7. The molecule has 43 heavy (non-hydrogen) atoms. The van der Waals surface area contributed by atoms with Gasteiger partial charge in [0.25, 0.3) is 10.0 Å². The van der Waals surface area contributed by atoms with Crippen LogP contribution in [0, 0.1) is 6.92 Å². The molecule has 0 saturated heterocycles. The summed E-state index contributed by atoms with van der Waals surface area (Å²) in [7, 11) is -4.19. The van der Waals surface area contributed by atoms with Crippen LogP contribution in [0.4, 0.5) is 5.69 Å². The van der Waals surface area contributed by atoms with Gasteiger partial charge in [0.05, 0.1) is 17.2 Å². The molecular weight excluding hydrogens is 586 g/mol. The van der Waals surface area contributed by atoms with E-state index in [9.17, 15) is 18.0 Å². The molecule has 4 rings (SSSR count). The van der Waals surface area contributed by atoms with Crippen molar-refractivity contribution in [1.82, 2.24) is 10.2 Å². The van der Waals surface area contributed by atoms with Gasteiger partial charge in [0.2, 0.25) is 11.8 Å². The molecule has 8 nitrogen and oxygen atoms in total. The van der Waals surface area contributed by atoms with Gasteiger partial charge in [-0.2, -0.15) is 0 Å². The van der Waals surface area contributed by atoms with Crippen LogP contribution >= 0.6 is 11.6 Å². The van der Waals surface area contributed by atoms with Gasteiger partial charge in [-0.05, 0) is 87.7 Å². The van der Waals surface area contributed by atoms with Crippen molar-refractivity contribution in [3.63, 3.8) is 0 Å². The Kier molecular flexibility index (Phi) is 11.1. The van der Waals surface area contributed by atoms with E-state index >= 15 is 0 Å². The first-order valence-corrected chi connectivity index (χ1v) is 16.6. The highest BCUT2D eigenvalue weighted by atomic mass is 35.5. The van der Waals surface area contributed by atoms with E-state index in [1.807, 2.05) is 38.1 Å². The highest BCUT2D eigenvalue weighted by molar-refractivity contribution is 7.92. The zero-order valence-corrected chi connectivity index (χ0v) is 26.5. The summed E-state index contributed by atoms with van der Waals surface area (Å²) >= 11 is 6.03. The maximum Gasteiger partial charge on any atom is 0.264 e. The Balaban J connectivity index is 1.67. The maximum atomic E-state index is 14.1. The van der Waals surface area contributed by atoms with Gasteiger partial charge < -0.3 is 15.0 Å². The molecule has 1 unspecified atom stereocenters. The van der Waals surface area contributed by atoms with Crippen LogP contribution in [0.3, 0.4) is 0 Å². The molecule has 1 fully saturated rings.